The smallest absolute Gasteiger partial charge is 0.230 e. The Bertz CT molecular complexity index is 667. The highest BCUT2D eigenvalue weighted by molar-refractivity contribution is 5.65. The van der Waals surface area contributed by atoms with Crippen LogP contribution in [-0.2, 0) is 11.3 Å². The Morgan fingerprint density at radius 2 is 1.90 bits per heavy atom. The summed E-state index contributed by atoms with van der Waals surface area (Å²) in [6.07, 6.45) is 14.3. The van der Waals surface area contributed by atoms with E-state index in [9.17, 15) is 9.90 Å². The lowest BCUT2D eigenvalue weighted by Gasteiger charge is -2.48. The molecule has 0 amide bonds. The Morgan fingerprint density at radius 1 is 1.20 bits per heavy atom. The second-order valence-corrected chi connectivity index (χ2v) is 10.7. The minimum Gasteiger partial charge on any atom is -0.550 e. The van der Waals surface area contributed by atoms with E-state index in [1.807, 2.05) is 0 Å². The topological polar surface area (TPSA) is 91.1 Å². The van der Waals surface area contributed by atoms with Gasteiger partial charge in [-0.15, -0.1) is 0 Å². The number of aromatic nitrogens is 2. The fourth-order valence-corrected chi connectivity index (χ4v) is 5.68. The van der Waals surface area contributed by atoms with Gasteiger partial charge < -0.3 is 19.7 Å². The number of carboxylic acid groups (broad SMARTS) is 1. The van der Waals surface area contributed by atoms with Crippen molar-refractivity contribution >= 4 is 5.97 Å². The van der Waals surface area contributed by atoms with E-state index in [1.54, 1.807) is 0 Å². The van der Waals surface area contributed by atoms with Gasteiger partial charge in [0.15, 0.2) is 5.82 Å². The first-order valence-electron chi connectivity index (χ1n) is 12.0. The van der Waals surface area contributed by atoms with Crippen LogP contribution in [0.1, 0.15) is 122 Å². The maximum Gasteiger partial charge on any atom is 0.230 e. The Balaban J connectivity index is 1.58. The number of nitrogens with zero attached hydrogens (tertiary/aromatic N) is 2. The van der Waals surface area contributed by atoms with Crippen molar-refractivity contribution in [3.05, 3.63) is 11.7 Å². The van der Waals surface area contributed by atoms with E-state index in [4.69, 9.17) is 4.52 Å². The van der Waals surface area contributed by atoms with Crippen molar-refractivity contribution in [2.75, 3.05) is 0 Å². The molecule has 0 spiro atoms. The highest BCUT2D eigenvalue weighted by Gasteiger charge is 2.41. The number of nitrogens with one attached hydrogen (secondary N) is 1. The largest absolute Gasteiger partial charge is 0.550 e. The van der Waals surface area contributed by atoms with Crippen LogP contribution in [0.4, 0.5) is 0 Å². The molecule has 1 aromatic heterocycles. The number of carboxylic acids is 1. The minimum absolute atomic E-state index is 0.0554. The number of carbonyl (C=O) groups excluding carboxylic acids is 1. The van der Waals surface area contributed by atoms with E-state index in [0.29, 0.717) is 29.7 Å². The van der Waals surface area contributed by atoms with Gasteiger partial charge in [0.1, 0.15) is 0 Å². The summed E-state index contributed by atoms with van der Waals surface area (Å²) in [5.41, 5.74) is 0.614. The van der Waals surface area contributed by atoms with Crippen molar-refractivity contribution in [2.45, 2.75) is 123 Å². The molecule has 170 valence electrons. The molecule has 1 N–H and O–H groups in total. The summed E-state index contributed by atoms with van der Waals surface area (Å²) in [6, 6.07) is 0.537. The monoisotopic (exact) mass is 418 g/mol. The molecule has 0 aromatic carbocycles. The maximum atomic E-state index is 11.4. The summed E-state index contributed by atoms with van der Waals surface area (Å²) in [4.78, 5) is 15.9. The molecule has 1 aromatic rings. The lowest BCUT2D eigenvalue weighted by Crippen LogP contribution is -2.37. The van der Waals surface area contributed by atoms with Gasteiger partial charge in [-0.3, -0.25) is 0 Å². The second-order valence-electron chi connectivity index (χ2n) is 10.7. The highest BCUT2D eigenvalue weighted by Crippen LogP contribution is 2.53. The van der Waals surface area contributed by atoms with Crippen LogP contribution < -0.4 is 10.4 Å². The van der Waals surface area contributed by atoms with Gasteiger partial charge in [-0.1, -0.05) is 64.5 Å². The van der Waals surface area contributed by atoms with Crippen molar-refractivity contribution in [3.8, 4) is 0 Å². The van der Waals surface area contributed by atoms with Crippen LogP contribution in [0.5, 0.6) is 0 Å². The Morgan fingerprint density at radius 3 is 2.53 bits per heavy atom. The molecule has 2 aliphatic carbocycles. The van der Waals surface area contributed by atoms with Crippen LogP contribution in [0.2, 0.25) is 0 Å². The van der Waals surface area contributed by atoms with Crippen LogP contribution in [-0.4, -0.2) is 22.2 Å². The zero-order valence-electron chi connectivity index (χ0n) is 19.2. The molecule has 6 nitrogen and oxygen atoms in total. The van der Waals surface area contributed by atoms with Crippen molar-refractivity contribution in [1.29, 1.82) is 0 Å². The average Bonchev–Trinajstić information content (AvgIpc) is 3.37. The Hall–Kier alpha value is -1.43. The van der Waals surface area contributed by atoms with E-state index in [2.05, 4.69) is 36.2 Å². The standard InChI is InChI=1S/C24H41N3O3/c1-23(2,3)24(13-7-4-8-14-24)15-9-10-18(16-21(28)29)22-26-20(27-30-22)17-25-19-11-5-6-12-19/h18-19,25H,4-17H2,1-3H3,(H,28,29)/p-1. The Labute approximate surface area is 181 Å². The highest BCUT2D eigenvalue weighted by atomic mass is 16.5. The van der Waals surface area contributed by atoms with E-state index < -0.39 is 5.97 Å². The molecule has 0 saturated heterocycles. The van der Waals surface area contributed by atoms with Gasteiger partial charge in [-0.05, 0) is 55.8 Å². The number of hydrogen-bond acceptors (Lipinski definition) is 6. The normalized spacial score (nSPS) is 21.0. The summed E-state index contributed by atoms with van der Waals surface area (Å²) < 4.78 is 5.49. The zero-order chi connectivity index (χ0) is 21.6. The van der Waals surface area contributed by atoms with Gasteiger partial charge in [-0.25, -0.2) is 0 Å². The minimum atomic E-state index is -1.05. The molecule has 0 aliphatic heterocycles. The van der Waals surface area contributed by atoms with Gasteiger partial charge in [0.05, 0.1) is 6.54 Å². The van der Waals surface area contributed by atoms with Gasteiger partial charge in [0, 0.05) is 17.9 Å². The summed E-state index contributed by atoms with van der Waals surface area (Å²) in [6.45, 7) is 7.66. The van der Waals surface area contributed by atoms with Crippen LogP contribution in [0.15, 0.2) is 4.52 Å². The molecule has 1 atom stereocenters. The summed E-state index contributed by atoms with van der Waals surface area (Å²) >= 11 is 0. The third-order valence-corrected chi connectivity index (χ3v) is 7.76. The number of carbonyl (C=O) groups is 1. The predicted molar refractivity (Wildman–Crippen MR) is 115 cm³/mol. The lowest BCUT2D eigenvalue weighted by atomic mass is 9.57. The number of aliphatic carboxylic acids is 1. The van der Waals surface area contributed by atoms with Crippen LogP contribution in [0, 0.1) is 10.8 Å². The molecule has 3 rings (SSSR count). The molecule has 1 unspecified atom stereocenters. The summed E-state index contributed by atoms with van der Waals surface area (Å²) in [5.74, 6) is -0.232. The maximum absolute atomic E-state index is 11.4. The van der Waals surface area contributed by atoms with E-state index >= 15 is 0 Å². The number of rotatable bonds is 10. The SMILES string of the molecule is CC(C)(C)C1(CCCC(CC(=O)[O-])c2nc(CNC3CCCC3)no2)CCCCC1. The quantitative estimate of drug-likeness (QED) is 0.602. The molecule has 2 aliphatic rings. The predicted octanol–water partition coefficient (Wildman–Crippen LogP) is 4.49. The molecule has 1 heterocycles. The van der Waals surface area contributed by atoms with Crippen LogP contribution in [0.25, 0.3) is 0 Å². The van der Waals surface area contributed by atoms with Gasteiger partial charge >= 0.3 is 0 Å². The van der Waals surface area contributed by atoms with E-state index in [0.717, 1.165) is 19.3 Å². The average molecular weight is 419 g/mol. The molecular formula is C24H40N3O3-. The van der Waals surface area contributed by atoms with Gasteiger partial charge in [0.2, 0.25) is 5.89 Å². The van der Waals surface area contributed by atoms with Crippen LogP contribution >= 0.6 is 0 Å². The first-order chi connectivity index (χ1) is 14.3. The molecule has 2 fully saturated rings. The van der Waals surface area contributed by atoms with E-state index in [-0.39, 0.29) is 17.8 Å². The summed E-state index contributed by atoms with van der Waals surface area (Å²) in [5, 5.41) is 18.9. The van der Waals surface area contributed by atoms with Crippen molar-refractivity contribution < 1.29 is 14.4 Å². The van der Waals surface area contributed by atoms with Gasteiger partial charge in [-0.2, -0.15) is 4.98 Å². The fraction of sp³-hybridized carbons (Fsp3) is 0.875. The van der Waals surface area contributed by atoms with Gasteiger partial charge in [0.25, 0.3) is 0 Å². The summed E-state index contributed by atoms with van der Waals surface area (Å²) in [7, 11) is 0. The van der Waals surface area contributed by atoms with Crippen molar-refractivity contribution in [3.63, 3.8) is 0 Å². The first kappa shape index (κ1) is 23.2. The number of hydrogen-bond donors (Lipinski definition) is 1. The third-order valence-electron chi connectivity index (χ3n) is 7.76. The third kappa shape index (κ3) is 6.05. The lowest BCUT2D eigenvalue weighted by molar-refractivity contribution is -0.306. The van der Waals surface area contributed by atoms with Crippen LogP contribution in [0.3, 0.4) is 0 Å². The molecule has 0 bridgehead atoms. The van der Waals surface area contributed by atoms with Crippen molar-refractivity contribution in [1.82, 2.24) is 15.5 Å². The first-order valence-corrected chi connectivity index (χ1v) is 12.0. The molecule has 0 radical (unpaired) electrons. The second kappa shape index (κ2) is 10.3. The zero-order valence-corrected chi connectivity index (χ0v) is 19.2. The molecule has 2 saturated carbocycles. The molecular weight excluding hydrogens is 378 g/mol. The fourth-order valence-electron chi connectivity index (χ4n) is 5.68. The molecule has 30 heavy (non-hydrogen) atoms. The van der Waals surface area contributed by atoms with Crippen molar-refractivity contribution in [2.24, 2.45) is 10.8 Å². The van der Waals surface area contributed by atoms with E-state index in [1.165, 1.54) is 57.8 Å². The Kier molecular flexibility index (Phi) is 7.94. The molecule has 6 heteroatoms.